The van der Waals surface area contributed by atoms with Gasteiger partial charge in [0.15, 0.2) is 0 Å². The number of nitrogens with zero attached hydrogens (tertiary/aromatic N) is 2. The van der Waals surface area contributed by atoms with Gasteiger partial charge in [-0.3, -0.25) is 4.79 Å². The molecule has 0 fully saturated rings. The number of aromatic nitrogens is 1. The number of pyridine rings is 1. The van der Waals surface area contributed by atoms with Gasteiger partial charge < -0.3 is 15.3 Å². The smallest absolute Gasteiger partial charge is 0.335 e. The molecule has 3 rings (SSSR count). The Morgan fingerprint density at radius 2 is 2.00 bits per heavy atom. The highest BCUT2D eigenvalue weighted by molar-refractivity contribution is 6.03. The van der Waals surface area contributed by atoms with E-state index in [1.54, 1.807) is 25.1 Å². The molecule has 0 bridgehead atoms. The number of amides is 1. The van der Waals surface area contributed by atoms with Crippen LogP contribution >= 0.6 is 0 Å². The van der Waals surface area contributed by atoms with Crippen molar-refractivity contribution >= 4 is 23.4 Å². The van der Waals surface area contributed by atoms with Crippen LogP contribution in [-0.2, 0) is 6.42 Å². The van der Waals surface area contributed by atoms with Crippen LogP contribution in [0.1, 0.15) is 45.8 Å². The lowest BCUT2D eigenvalue weighted by molar-refractivity contribution is 0.0696. The van der Waals surface area contributed by atoms with Crippen molar-refractivity contribution in [1.29, 1.82) is 0 Å². The fourth-order valence-corrected chi connectivity index (χ4v) is 3.07. The first-order valence-electron chi connectivity index (χ1n) is 8.28. The molecule has 0 saturated carbocycles. The second-order valence-electron chi connectivity index (χ2n) is 6.51. The van der Waals surface area contributed by atoms with Gasteiger partial charge in [-0.25, -0.2) is 9.78 Å². The molecule has 6 nitrogen and oxygen atoms in total. The summed E-state index contributed by atoms with van der Waals surface area (Å²) in [5, 5.41) is 11.9. The molecule has 2 heterocycles. The summed E-state index contributed by atoms with van der Waals surface area (Å²) < 4.78 is 0. The molecule has 130 valence electrons. The van der Waals surface area contributed by atoms with Crippen LogP contribution in [-0.4, -0.2) is 34.6 Å². The maximum absolute atomic E-state index is 12.5. The molecule has 0 atom stereocenters. The van der Waals surface area contributed by atoms with E-state index >= 15 is 0 Å². The van der Waals surface area contributed by atoms with Gasteiger partial charge in [-0.15, -0.1) is 0 Å². The summed E-state index contributed by atoms with van der Waals surface area (Å²) >= 11 is 0. The second kappa shape index (κ2) is 6.55. The Hall–Kier alpha value is -2.89. The molecule has 0 radical (unpaired) electrons. The molecule has 6 heteroatoms. The molecular formula is C19H21N3O3. The number of fused-ring (bicyclic) bond motifs is 1. The number of aryl methyl sites for hydroxylation is 1. The predicted molar refractivity (Wildman–Crippen MR) is 96.5 cm³/mol. The Balaban J connectivity index is 1.82. The SMILES string of the molecule is Cc1cc(NC(=O)c2ccc3c(n2)N(C(C)C)CC3)ccc1C(=O)O. The number of hydrogen-bond donors (Lipinski definition) is 2. The second-order valence-corrected chi connectivity index (χ2v) is 6.51. The fraction of sp³-hybridized carbons (Fsp3) is 0.316. The van der Waals surface area contributed by atoms with Gasteiger partial charge in [0, 0.05) is 18.3 Å². The number of nitrogens with one attached hydrogen (secondary N) is 1. The van der Waals surface area contributed by atoms with E-state index in [2.05, 4.69) is 29.0 Å². The Kier molecular flexibility index (Phi) is 4.44. The molecule has 0 saturated heterocycles. The summed E-state index contributed by atoms with van der Waals surface area (Å²) in [4.78, 5) is 30.3. The van der Waals surface area contributed by atoms with Gasteiger partial charge in [0.1, 0.15) is 11.5 Å². The Labute approximate surface area is 146 Å². The van der Waals surface area contributed by atoms with E-state index in [9.17, 15) is 9.59 Å². The number of carboxylic acid groups (broad SMARTS) is 1. The number of anilines is 2. The van der Waals surface area contributed by atoms with Crippen LogP contribution in [0.5, 0.6) is 0 Å². The van der Waals surface area contributed by atoms with E-state index in [-0.39, 0.29) is 11.5 Å². The van der Waals surface area contributed by atoms with Gasteiger partial charge in [-0.1, -0.05) is 6.07 Å². The zero-order chi connectivity index (χ0) is 18.1. The van der Waals surface area contributed by atoms with E-state index < -0.39 is 5.97 Å². The van der Waals surface area contributed by atoms with E-state index in [0.29, 0.717) is 23.0 Å². The van der Waals surface area contributed by atoms with Crippen LogP contribution in [0, 0.1) is 6.92 Å². The summed E-state index contributed by atoms with van der Waals surface area (Å²) in [6.45, 7) is 6.83. The molecule has 0 spiro atoms. The number of aromatic carboxylic acids is 1. The van der Waals surface area contributed by atoms with Crippen LogP contribution < -0.4 is 10.2 Å². The zero-order valence-corrected chi connectivity index (χ0v) is 14.5. The maximum Gasteiger partial charge on any atom is 0.335 e. The van der Waals surface area contributed by atoms with E-state index in [4.69, 9.17) is 5.11 Å². The van der Waals surface area contributed by atoms with Crippen LogP contribution in [0.4, 0.5) is 11.5 Å². The minimum atomic E-state index is -0.982. The molecule has 1 aliphatic rings. The molecule has 0 aliphatic carbocycles. The summed E-state index contributed by atoms with van der Waals surface area (Å²) in [5.74, 6) is -0.412. The van der Waals surface area contributed by atoms with Gasteiger partial charge in [0.2, 0.25) is 0 Å². The summed E-state index contributed by atoms with van der Waals surface area (Å²) in [6.07, 6.45) is 0.943. The average molecular weight is 339 g/mol. The summed E-state index contributed by atoms with van der Waals surface area (Å²) in [7, 11) is 0. The number of rotatable bonds is 4. The minimum Gasteiger partial charge on any atom is -0.478 e. The average Bonchev–Trinajstić information content (AvgIpc) is 2.97. The normalized spacial score (nSPS) is 13.0. The first-order chi connectivity index (χ1) is 11.9. The molecule has 2 aromatic rings. The van der Waals surface area contributed by atoms with Crippen molar-refractivity contribution in [1.82, 2.24) is 4.98 Å². The van der Waals surface area contributed by atoms with Gasteiger partial charge in [-0.05, 0) is 62.6 Å². The third-order valence-electron chi connectivity index (χ3n) is 4.42. The highest BCUT2D eigenvalue weighted by Gasteiger charge is 2.24. The van der Waals surface area contributed by atoms with Crippen molar-refractivity contribution in [2.75, 3.05) is 16.8 Å². The fourth-order valence-electron chi connectivity index (χ4n) is 3.07. The molecule has 2 N–H and O–H groups in total. The number of carbonyl (C=O) groups excluding carboxylic acids is 1. The van der Waals surface area contributed by atoms with Crippen molar-refractivity contribution in [3.63, 3.8) is 0 Å². The maximum atomic E-state index is 12.5. The molecule has 1 aromatic heterocycles. The minimum absolute atomic E-state index is 0.223. The number of hydrogen-bond acceptors (Lipinski definition) is 4. The molecule has 1 aliphatic heterocycles. The summed E-state index contributed by atoms with van der Waals surface area (Å²) in [6, 6.07) is 8.74. The lowest BCUT2D eigenvalue weighted by Crippen LogP contribution is -2.29. The third-order valence-corrected chi connectivity index (χ3v) is 4.42. The lowest BCUT2D eigenvalue weighted by Gasteiger charge is -2.23. The Morgan fingerprint density at radius 1 is 1.24 bits per heavy atom. The molecule has 0 unspecified atom stereocenters. The van der Waals surface area contributed by atoms with E-state index in [0.717, 1.165) is 24.3 Å². The van der Waals surface area contributed by atoms with Crippen molar-refractivity contribution < 1.29 is 14.7 Å². The Bertz CT molecular complexity index is 846. The standard InChI is InChI=1S/C19H21N3O3/c1-11(2)22-9-8-13-4-7-16(21-17(13)22)18(23)20-14-5-6-15(19(24)25)12(3)10-14/h4-7,10-11H,8-9H2,1-3H3,(H,20,23)(H,24,25). The van der Waals surface area contributed by atoms with Crippen LogP contribution in [0.15, 0.2) is 30.3 Å². The van der Waals surface area contributed by atoms with Crippen LogP contribution in [0.2, 0.25) is 0 Å². The van der Waals surface area contributed by atoms with Crippen molar-refractivity contribution in [3.8, 4) is 0 Å². The third kappa shape index (κ3) is 3.33. The molecule has 1 aromatic carbocycles. The molecule has 25 heavy (non-hydrogen) atoms. The molecule has 1 amide bonds. The first kappa shape index (κ1) is 17.0. The quantitative estimate of drug-likeness (QED) is 0.894. The number of carboxylic acids is 1. The van der Waals surface area contributed by atoms with Gasteiger partial charge in [0.25, 0.3) is 5.91 Å². The van der Waals surface area contributed by atoms with E-state index in [1.165, 1.54) is 6.07 Å². The topological polar surface area (TPSA) is 82.5 Å². The largest absolute Gasteiger partial charge is 0.478 e. The number of carbonyl (C=O) groups is 2. The first-order valence-corrected chi connectivity index (χ1v) is 8.28. The van der Waals surface area contributed by atoms with Crippen LogP contribution in [0.25, 0.3) is 0 Å². The van der Waals surface area contributed by atoms with Crippen molar-refractivity contribution in [3.05, 3.63) is 52.7 Å². The van der Waals surface area contributed by atoms with Gasteiger partial charge in [-0.2, -0.15) is 0 Å². The van der Waals surface area contributed by atoms with Crippen molar-refractivity contribution in [2.45, 2.75) is 33.2 Å². The molecular weight excluding hydrogens is 318 g/mol. The van der Waals surface area contributed by atoms with Gasteiger partial charge in [0.05, 0.1) is 5.56 Å². The Morgan fingerprint density at radius 3 is 2.64 bits per heavy atom. The zero-order valence-electron chi connectivity index (χ0n) is 14.5. The predicted octanol–water partition coefficient (Wildman–Crippen LogP) is 3.11. The van der Waals surface area contributed by atoms with E-state index in [1.807, 2.05) is 6.07 Å². The van der Waals surface area contributed by atoms with Gasteiger partial charge >= 0.3 is 5.97 Å². The highest BCUT2D eigenvalue weighted by atomic mass is 16.4. The highest BCUT2D eigenvalue weighted by Crippen LogP contribution is 2.28. The number of benzene rings is 1. The monoisotopic (exact) mass is 339 g/mol. The van der Waals surface area contributed by atoms with Crippen molar-refractivity contribution in [2.24, 2.45) is 0 Å². The lowest BCUT2D eigenvalue weighted by atomic mass is 10.1. The van der Waals surface area contributed by atoms with Crippen LogP contribution in [0.3, 0.4) is 0 Å². The summed E-state index contributed by atoms with van der Waals surface area (Å²) in [5.41, 5.74) is 2.88.